The maximum atomic E-state index is 13.0. The Hall–Kier alpha value is -2.71. The van der Waals surface area contributed by atoms with Crippen molar-refractivity contribution in [2.24, 2.45) is 5.73 Å². The van der Waals surface area contributed by atoms with Crippen LogP contribution in [0.2, 0.25) is 0 Å². The summed E-state index contributed by atoms with van der Waals surface area (Å²) in [7, 11) is 0. The molecule has 0 saturated carbocycles. The van der Waals surface area contributed by atoms with Gasteiger partial charge in [-0.1, -0.05) is 11.6 Å². The summed E-state index contributed by atoms with van der Waals surface area (Å²) >= 11 is 0. The molecule has 0 fully saturated rings. The van der Waals surface area contributed by atoms with Gasteiger partial charge in [-0.2, -0.15) is 0 Å². The second-order valence-corrected chi connectivity index (χ2v) is 6.73. The third-order valence-electron chi connectivity index (χ3n) is 4.63. The molecule has 0 bridgehead atoms. The minimum Gasteiger partial charge on any atom is -0.332 e. The Bertz CT molecular complexity index is 920. The van der Waals surface area contributed by atoms with Crippen LogP contribution in [0.25, 0.3) is 0 Å². The highest BCUT2D eigenvalue weighted by Gasteiger charge is 2.21. The van der Waals surface area contributed by atoms with Crippen molar-refractivity contribution in [3.8, 4) is 0 Å². The molecule has 1 aromatic heterocycles. The van der Waals surface area contributed by atoms with Crippen molar-refractivity contribution < 1.29 is 18.0 Å². The number of carbonyl (C=O) groups is 1. The molecule has 1 aliphatic heterocycles. The number of imidazole rings is 1. The monoisotopic (exact) mass is 390 g/mol. The van der Waals surface area contributed by atoms with E-state index in [1.165, 1.54) is 24.2 Å². The lowest BCUT2D eigenvalue weighted by atomic mass is 9.90. The van der Waals surface area contributed by atoms with Crippen LogP contribution >= 0.6 is 0 Å². The van der Waals surface area contributed by atoms with Gasteiger partial charge in [0.25, 0.3) is 0 Å². The number of halogens is 3. The van der Waals surface area contributed by atoms with Crippen LogP contribution in [-0.4, -0.2) is 35.0 Å². The molecule has 2 aliphatic rings. The van der Waals surface area contributed by atoms with E-state index >= 15 is 0 Å². The molecule has 0 amide bonds. The fraction of sp³-hybridized carbons (Fsp3) is 0.300. The summed E-state index contributed by atoms with van der Waals surface area (Å²) in [6.07, 6.45) is 6.95. The van der Waals surface area contributed by atoms with Crippen molar-refractivity contribution in [2.45, 2.75) is 25.4 Å². The van der Waals surface area contributed by atoms with E-state index in [1.807, 2.05) is 0 Å². The Balaban J connectivity index is 0.000000167. The first-order chi connectivity index (χ1) is 13.5. The minimum atomic E-state index is -0.881. The summed E-state index contributed by atoms with van der Waals surface area (Å²) in [5.41, 5.74) is 8.95. The van der Waals surface area contributed by atoms with Gasteiger partial charge in [-0.05, 0) is 48.7 Å². The second-order valence-electron chi connectivity index (χ2n) is 6.73. The molecule has 148 valence electrons. The smallest absolute Gasteiger partial charge is 0.169 e. The largest absolute Gasteiger partial charge is 0.332 e. The molecular formula is C20H21F3N4O. The number of carbonyl (C=O) groups excluding carboxylic acids is 1. The van der Waals surface area contributed by atoms with Gasteiger partial charge in [0.15, 0.2) is 17.9 Å². The maximum Gasteiger partial charge on any atom is 0.169 e. The van der Waals surface area contributed by atoms with Crippen LogP contribution in [0, 0.1) is 11.6 Å². The Morgan fingerprint density at radius 1 is 1.29 bits per heavy atom. The van der Waals surface area contributed by atoms with E-state index < -0.39 is 11.6 Å². The summed E-state index contributed by atoms with van der Waals surface area (Å²) in [5, 5.41) is 3.21. The summed E-state index contributed by atoms with van der Waals surface area (Å²) in [4.78, 5) is 14.2. The number of nitrogens with one attached hydrogen (secondary N) is 1. The Kier molecular flexibility index (Phi) is 6.43. The van der Waals surface area contributed by atoms with Gasteiger partial charge in [0.05, 0.1) is 12.4 Å². The lowest BCUT2D eigenvalue weighted by molar-refractivity contribution is 0.111. The molecule has 8 heteroatoms. The average Bonchev–Trinajstić information content (AvgIpc) is 3.14. The van der Waals surface area contributed by atoms with E-state index in [0.717, 1.165) is 37.2 Å². The molecule has 0 radical (unpaired) electrons. The first-order valence-electron chi connectivity index (χ1n) is 8.91. The molecular weight excluding hydrogens is 369 g/mol. The van der Waals surface area contributed by atoms with E-state index in [-0.39, 0.29) is 11.9 Å². The highest BCUT2D eigenvalue weighted by atomic mass is 19.2. The van der Waals surface area contributed by atoms with Gasteiger partial charge in [0.1, 0.15) is 11.5 Å². The highest BCUT2D eigenvalue weighted by molar-refractivity contribution is 5.70. The predicted molar refractivity (Wildman–Crippen MR) is 99.4 cm³/mol. The zero-order valence-corrected chi connectivity index (χ0v) is 15.2. The van der Waals surface area contributed by atoms with Crippen LogP contribution < -0.4 is 11.1 Å². The molecule has 5 nitrogen and oxygen atoms in total. The molecule has 0 spiro atoms. The first kappa shape index (κ1) is 20.0. The van der Waals surface area contributed by atoms with E-state index in [4.69, 9.17) is 5.73 Å². The molecule has 4 rings (SSSR count). The molecule has 1 aliphatic carbocycles. The molecule has 1 aromatic carbocycles. The van der Waals surface area contributed by atoms with Crippen molar-refractivity contribution >= 4 is 6.29 Å². The van der Waals surface area contributed by atoms with Crippen LogP contribution in [-0.2, 0) is 6.54 Å². The lowest BCUT2D eigenvalue weighted by Crippen LogP contribution is -2.31. The third kappa shape index (κ3) is 4.96. The Labute approximate surface area is 160 Å². The molecule has 1 atom stereocenters. The number of aromatic nitrogens is 2. The van der Waals surface area contributed by atoms with Crippen molar-refractivity contribution in [1.29, 1.82) is 0 Å². The van der Waals surface area contributed by atoms with Gasteiger partial charge >= 0.3 is 0 Å². The zero-order valence-electron chi connectivity index (χ0n) is 15.2. The SMILES string of the molecule is NC1CC2=C(C=C1F)CNCC2.O=Cc1cn(Cc2ccc(F)c(F)c2)cn1. The number of nitrogens with zero attached hydrogens (tertiary/aromatic N) is 2. The van der Waals surface area contributed by atoms with E-state index in [2.05, 4.69) is 10.3 Å². The quantitative estimate of drug-likeness (QED) is 0.791. The second kappa shape index (κ2) is 8.99. The summed E-state index contributed by atoms with van der Waals surface area (Å²) < 4.78 is 40.2. The van der Waals surface area contributed by atoms with Gasteiger partial charge in [0.2, 0.25) is 0 Å². The van der Waals surface area contributed by atoms with Crippen LogP contribution in [0.5, 0.6) is 0 Å². The van der Waals surface area contributed by atoms with Gasteiger partial charge in [-0.3, -0.25) is 4.79 Å². The highest BCUT2D eigenvalue weighted by Crippen LogP contribution is 2.27. The van der Waals surface area contributed by atoms with E-state index in [0.29, 0.717) is 30.5 Å². The van der Waals surface area contributed by atoms with Crippen molar-refractivity contribution in [3.05, 3.63) is 76.7 Å². The minimum absolute atomic E-state index is 0.169. The Morgan fingerprint density at radius 3 is 2.82 bits per heavy atom. The molecule has 2 heterocycles. The normalized spacial score (nSPS) is 18.7. The zero-order chi connectivity index (χ0) is 20.1. The molecule has 2 aromatic rings. The fourth-order valence-electron chi connectivity index (χ4n) is 3.14. The van der Waals surface area contributed by atoms with Crippen molar-refractivity contribution in [3.63, 3.8) is 0 Å². The number of benzene rings is 1. The maximum absolute atomic E-state index is 13.0. The van der Waals surface area contributed by atoms with Gasteiger partial charge in [-0.25, -0.2) is 18.2 Å². The molecule has 3 N–H and O–H groups in total. The van der Waals surface area contributed by atoms with Crippen LogP contribution in [0.15, 0.2) is 53.8 Å². The standard InChI is InChI=1S/C11H8F2N2O.C9H13FN2/c12-10-2-1-8(3-11(10)13)4-15-5-9(6-16)14-7-15;10-8-3-7-5-12-2-1-6(7)4-9(8)11/h1-3,5-7H,4H2;3,9,12H,1-2,4-5,11H2. The van der Waals surface area contributed by atoms with E-state index in [1.54, 1.807) is 10.6 Å². The summed E-state index contributed by atoms with van der Waals surface area (Å²) in [6, 6.07) is 3.29. The predicted octanol–water partition coefficient (Wildman–Crippen LogP) is 2.88. The van der Waals surface area contributed by atoms with Gasteiger partial charge in [0, 0.05) is 19.3 Å². The number of aldehydes is 1. The lowest BCUT2D eigenvalue weighted by Gasteiger charge is -2.25. The number of rotatable bonds is 3. The topological polar surface area (TPSA) is 72.9 Å². The van der Waals surface area contributed by atoms with Gasteiger partial charge < -0.3 is 15.6 Å². The summed E-state index contributed by atoms with van der Waals surface area (Å²) in [6.45, 7) is 2.15. The van der Waals surface area contributed by atoms with Crippen LogP contribution in [0.4, 0.5) is 13.2 Å². The van der Waals surface area contributed by atoms with Crippen LogP contribution in [0.3, 0.4) is 0 Å². The number of hydrogen-bond acceptors (Lipinski definition) is 4. The van der Waals surface area contributed by atoms with E-state index in [9.17, 15) is 18.0 Å². The number of nitrogens with two attached hydrogens (primary N) is 1. The fourth-order valence-corrected chi connectivity index (χ4v) is 3.14. The van der Waals surface area contributed by atoms with Crippen molar-refractivity contribution in [1.82, 2.24) is 14.9 Å². The first-order valence-corrected chi connectivity index (χ1v) is 8.91. The molecule has 28 heavy (non-hydrogen) atoms. The molecule has 1 unspecified atom stereocenters. The molecule has 0 saturated heterocycles. The summed E-state index contributed by atoms with van der Waals surface area (Å²) in [5.74, 6) is -1.92. The van der Waals surface area contributed by atoms with Crippen LogP contribution in [0.1, 0.15) is 28.9 Å². The Morgan fingerprint density at radius 2 is 2.11 bits per heavy atom. The number of hydrogen-bond donors (Lipinski definition) is 2. The average molecular weight is 390 g/mol. The third-order valence-corrected chi connectivity index (χ3v) is 4.63. The van der Waals surface area contributed by atoms with Gasteiger partial charge in [-0.15, -0.1) is 0 Å². The van der Waals surface area contributed by atoms with Crippen molar-refractivity contribution in [2.75, 3.05) is 13.1 Å².